The van der Waals surface area contributed by atoms with Crippen LogP contribution in [0.5, 0.6) is 0 Å². The summed E-state index contributed by atoms with van der Waals surface area (Å²) in [6, 6.07) is 0. The fourth-order valence-electron chi connectivity index (χ4n) is 9.10. The number of allylic oxidation sites excluding steroid dienone is 18. The van der Waals surface area contributed by atoms with E-state index < -0.39 is 6.10 Å². The lowest BCUT2D eigenvalue weighted by Crippen LogP contribution is -2.30. The second-order valence-corrected chi connectivity index (χ2v) is 21.6. The fourth-order valence-corrected chi connectivity index (χ4v) is 9.10. The molecule has 0 heterocycles. The Morgan fingerprint density at radius 3 is 0.782 bits per heavy atom. The highest BCUT2D eigenvalue weighted by Crippen LogP contribution is 2.16. The largest absolute Gasteiger partial charge is 0.462 e. The van der Waals surface area contributed by atoms with E-state index in [2.05, 4.69) is 130 Å². The maximum absolute atomic E-state index is 12.9. The summed E-state index contributed by atoms with van der Waals surface area (Å²) in [4.78, 5) is 38.3. The molecule has 0 aliphatic carbocycles. The van der Waals surface area contributed by atoms with E-state index >= 15 is 0 Å². The van der Waals surface area contributed by atoms with Crippen LogP contribution < -0.4 is 0 Å². The van der Waals surface area contributed by atoms with Crippen molar-refractivity contribution in [3.63, 3.8) is 0 Å². The Labute approximate surface area is 482 Å². The van der Waals surface area contributed by atoms with Crippen molar-refractivity contribution < 1.29 is 28.6 Å². The molecule has 0 radical (unpaired) electrons. The third-order valence-corrected chi connectivity index (χ3v) is 14.0. The molecule has 78 heavy (non-hydrogen) atoms. The predicted octanol–water partition coefficient (Wildman–Crippen LogP) is 22.6. The Bertz CT molecular complexity index is 1570. The third kappa shape index (κ3) is 62.9. The summed E-state index contributed by atoms with van der Waals surface area (Å²) in [6.45, 7) is 6.51. The van der Waals surface area contributed by atoms with Gasteiger partial charge in [-0.05, 0) is 109 Å². The summed E-state index contributed by atoms with van der Waals surface area (Å²) >= 11 is 0. The Hall–Kier alpha value is -3.93. The third-order valence-electron chi connectivity index (χ3n) is 14.0. The van der Waals surface area contributed by atoms with Gasteiger partial charge in [0.05, 0.1) is 0 Å². The van der Waals surface area contributed by atoms with Crippen LogP contribution in [0.4, 0.5) is 0 Å². The van der Waals surface area contributed by atoms with Gasteiger partial charge in [-0.15, -0.1) is 0 Å². The molecule has 1 unspecified atom stereocenters. The molecule has 1 atom stereocenters. The molecular weight excluding hydrogens is 961 g/mol. The van der Waals surface area contributed by atoms with Gasteiger partial charge in [0.2, 0.25) is 0 Å². The van der Waals surface area contributed by atoms with Crippen LogP contribution in [0.15, 0.2) is 109 Å². The number of ether oxygens (including phenoxy) is 3. The molecule has 0 rings (SSSR count). The van der Waals surface area contributed by atoms with Gasteiger partial charge in [0.15, 0.2) is 6.10 Å². The lowest BCUT2D eigenvalue weighted by atomic mass is 10.1. The van der Waals surface area contributed by atoms with Gasteiger partial charge in [-0.25, -0.2) is 0 Å². The maximum Gasteiger partial charge on any atom is 0.306 e. The van der Waals surface area contributed by atoms with Crippen molar-refractivity contribution in [3.8, 4) is 0 Å². The molecule has 0 N–H and O–H groups in total. The standard InChI is InChI=1S/C72H122O6/c1-4-7-10-13-16-19-22-24-26-28-30-32-34-35-36-37-39-40-42-44-46-48-50-53-56-59-62-65-71(74)77-68-69(67-76-70(73)64-61-58-55-52-21-18-15-12-9-6-3)78-72(75)66-63-60-57-54-51-49-47-45-43-41-38-33-31-29-27-25-23-20-17-14-11-8-5-2/h7,10,16,19,23-26,29-32,35-36,38-41,69H,4-6,8-9,11-15,17-18,20-22,27-28,33-34,37,42-68H2,1-3H3/b10-7-,19-16-,25-23-,26-24-,31-29-,32-30-,36-35-,40-39-,41-38-. The van der Waals surface area contributed by atoms with Crippen LogP contribution >= 0.6 is 0 Å². The average molecular weight is 1080 g/mol. The second kappa shape index (κ2) is 65.6. The van der Waals surface area contributed by atoms with E-state index in [1.54, 1.807) is 0 Å². The molecule has 0 saturated heterocycles. The normalized spacial score (nSPS) is 12.8. The van der Waals surface area contributed by atoms with Gasteiger partial charge in [0.1, 0.15) is 13.2 Å². The first-order valence-corrected chi connectivity index (χ1v) is 32.9. The van der Waals surface area contributed by atoms with E-state index in [9.17, 15) is 14.4 Å². The van der Waals surface area contributed by atoms with Crippen LogP contribution in [0.3, 0.4) is 0 Å². The first-order chi connectivity index (χ1) is 38.5. The zero-order chi connectivity index (χ0) is 56.4. The summed E-state index contributed by atoms with van der Waals surface area (Å²) in [7, 11) is 0. The van der Waals surface area contributed by atoms with E-state index in [-0.39, 0.29) is 31.1 Å². The van der Waals surface area contributed by atoms with E-state index in [1.165, 1.54) is 148 Å². The molecule has 0 amide bonds. The molecule has 6 heteroatoms. The number of rotatable bonds is 59. The minimum Gasteiger partial charge on any atom is -0.462 e. The molecule has 0 fully saturated rings. The number of carbonyl (C=O) groups excluding carboxylic acids is 3. The summed E-state index contributed by atoms with van der Waals surface area (Å²) in [5.41, 5.74) is 0. The van der Waals surface area contributed by atoms with E-state index in [0.29, 0.717) is 19.3 Å². The van der Waals surface area contributed by atoms with Crippen LogP contribution in [-0.2, 0) is 28.6 Å². The van der Waals surface area contributed by atoms with Crippen LogP contribution in [0, 0.1) is 0 Å². The highest BCUT2D eigenvalue weighted by molar-refractivity contribution is 5.71. The molecule has 0 aliphatic rings. The zero-order valence-electron chi connectivity index (χ0n) is 51.2. The van der Waals surface area contributed by atoms with Crippen molar-refractivity contribution in [2.24, 2.45) is 0 Å². The van der Waals surface area contributed by atoms with Crippen LogP contribution in [0.2, 0.25) is 0 Å². The second-order valence-electron chi connectivity index (χ2n) is 21.6. The number of hydrogen-bond donors (Lipinski definition) is 0. The van der Waals surface area contributed by atoms with Crippen LogP contribution in [0.25, 0.3) is 0 Å². The zero-order valence-corrected chi connectivity index (χ0v) is 51.2. The van der Waals surface area contributed by atoms with Crippen molar-refractivity contribution >= 4 is 17.9 Å². The van der Waals surface area contributed by atoms with E-state index in [0.717, 1.165) is 122 Å². The van der Waals surface area contributed by atoms with Gasteiger partial charge in [-0.2, -0.15) is 0 Å². The number of unbranched alkanes of at least 4 members (excludes halogenated alkanes) is 30. The molecule has 0 spiro atoms. The Morgan fingerprint density at radius 1 is 0.269 bits per heavy atom. The summed E-state index contributed by atoms with van der Waals surface area (Å²) in [5, 5.41) is 0. The maximum atomic E-state index is 12.9. The molecular formula is C72H122O6. The molecule has 6 nitrogen and oxygen atoms in total. The SMILES string of the molecule is CC/C=C\C/C=C\C/C=C\C/C=C\C/C=C\C/C=C\CCCCCCCCCCC(=O)OCC(COC(=O)CCCCCCCCCCCC)OC(=O)CCCCCCCCCC/C=C\C/C=C\C/C=C\CCCCCCC. The highest BCUT2D eigenvalue weighted by atomic mass is 16.6. The van der Waals surface area contributed by atoms with Crippen molar-refractivity contribution in [1.29, 1.82) is 0 Å². The monoisotopic (exact) mass is 1080 g/mol. The number of hydrogen-bond acceptors (Lipinski definition) is 6. The summed E-state index contributed by atoms with van der Waals surface area (Å²) in [5.74, 6) is -0.892. The Morgan fingerprint density at radius 2 is 0.500 bits per heavy atom. The average Bonchev–Trinajstić information content (AvgIpc) is 3.44. The lowest BCUT2D eigenvalue weighted by molar-refractivity contribution is -0.167. The first kappa shape index (κ1) is 74.1. The van der Waals surface area contributed by atoms with Crippen molar-refractivity contribution in [2.75, 3.05) is 13.2 Å². The van der Waals surface area contributed by atoms with Crippen molar-refractivity contribution in [2.45, 2.75) is 316 Å². The highest BCUT2D eigenvalue weighted by Gasteiger charge is 2.19. The van der Waals surface area contributed by atoms with Crippen molar-refractivity contribution in [3.05, 3.63) is 109 Å². The molecule has 0 aliphatic heterocycles. The molecule has 0 bridgehead atoms. The van der Waals surface area contributed by atoms with E-state index in [4.69, 9.17) is 14.2 Å². The molecule has 0 aromatic heterocycles. The fraction of sp³-hybridized carbons (Fsp3) is 0.708. The molecule has 0 aromatic rings. The first-order valence-electron chi connectivity index (χ1n) is 32.9. The van der Waals surface area contributed by atoms with E-state index in [1.807, 2.05) is 0 Å². The molecule has 446 valence electrons. The Balaban J connectivity index is 4.29. The minimum absolute atomic E-state index is 0.0823. The molecule has 0 saturated carbocycles. The van der Waals surface area contributed by atoms with Crippen molar-refractivity contribution in [1.82, 2.24) is 0 Å². The minimum atomic E-state index is -0.786. The van der Waals surface area contributed by atoms with Crippen LogP contribution in [-0.4, -0.2) is 37.2 Å². The smallest absolute Gasteiger partial charge is 0.306 e. The number of carbonyl (C=O) groups is 3. The van der Waals surface area contributed by atoms with Gasteiger partial charge in [0, 0.05) is 19.3 Å². The van der Waals surface area contributed by atoms with Gasteiger partial charge in [-0.1, -0.05) is 291 Å². The van der Waals surface area contributed by atoms with Gasteiger partial charge in [0.25, 0.3) is 0 Å². The van der Waals surface area contributed by atoms with Gasteiger partial charge in [-0.3, -0.25) is 14.4 Å². The van der Waals surface area contributed by atoms with Gasteiger partial charge < -0.3 is 14.2 Å². The predicted molar refractivity (Wildman–Crippen MR) is 339 cm³/mol. The molecule has 0 aromatic carbocycles. The quantitative estimate of drug-likeness (QED) is 0.0261. The number of esters is 3. The van der Waals surface area contributed by atoms with Crippen LogP contribution in [0.1, 0.15) is 310 Å². The Kier molecular flexibility index (Phi) is 62.3. The van der Waals surface area contributed by atoms with Gasteiger partial charge >= 0.3 is 17.9 Å². The lowest BCUT2D eigenvalue weighted by Gasteiger charge is -2.18. The summed E-state index contributed by atoms with van der Waals surface area (Å²) < 4.78 is 16.9. The topological polar surface area (TPSA) is 78.9 Å². The summed E-state index contributed by atoms with van der Waals surface area (Å²) in [6.07, 6.45) is 89.5.